The summed E-state index contributed by atoms with van der Waals surface area (Å²) in [7, 11) is 0. The van der Waals surface area contributed by atoms with Gasteiger partial charge in [0.2, 0.25) is 0 Å². The van der Waals surface area contributed by atoms with Crippen molar-refractivity contribution in [3.8, 4) is 62.1 Å². The van der Waals surface area contributed by atoms with Crippen LogP contribution in [0.4, 0.5) is 0 Å². The average molecular weight is 733 g/mol. The predicted molar refractivity (Wildman–Crippen MR) is 234 cm³/mol. The highest BCUT2D eigenvalue weighted by Gasteiger charge is 2.23. The third-order valence-electron chi connectivity index (χ3n) is 10.7. The lowest BCUT2D eigenvalue weighted by Gasteiger charge is -2.17. The molecule has 0 saturated carbocycles. The van der Waals surface area contributed by atoms with Crippen molar-refractivity contribution in [1.29, 1.82) is 0 Å². The van der Waals surface area contributed by atoms with Crippen LogP contribution in [0, 0.1) is 0 Å². The monoisotopic (exact) mass is 732 g/mol. The molecule has 0 atom stereocenters. The van der Waals surface area contributed by atoms with Crippen LogP contribution in [0.3, 0.4) is 0 Å². The van der Waals surface area contributed by atoms with E-state index in [-0.39, 0.29) is 0 Å². The van der Waals surface area contributed by atoms with Crippen molar-refractivity contribution >= 4 is 53.3 Å². The number of thiophene rings is 1. The highest BCUT2D eigenvalue weighted by molar-refractivity contribution is 7.26. The summed E-state index contributed by atoms with van der Waals surface area (Å²) in [5, 5.41) is 4.79. The summed E-state index contributed by atoms with van der Waals surface area (Å²) in [5.74, 6) is 1.96. The van der Waals surface area contributed by atoms with Crippen LogP contribution < -0.4 is 0 Å². The maximum atomic E-state index is 5.16. The number of rotatable bonds is 6. The molecule has 0 N–H and O–H groups in total. The van der Waals surface area contributed by atoms with Gasteiger partial charge in [0.1, 0.15) is 0 Å². The zero-order chi connectivity index (χ0) is 37.0. The van der Waals surface area contributed by atoms with Gasteiger partial charge in [-0.1, -0.05) is 176 Å². The maximum Gasteiger partial charge on any atom is 0.164 e. The third-order valence-corrected chi connectivity index (χ3v) is 11.9. The molecule has 11 aromatic rings. The summed E-state index contributed by atoms with van der Waals surface area (Å²) in [6.45, 7) is 0. The molecule has 0 aliphatic heterocycles. The van der Waals surface area contributed by atoms with E-state index in [9.17, 15) is 0 Å². The van der Waals surface area contributed by atoms with Gasteiger partial charge in [-0.3, -0.25) is 0 Å². The lowest BCUT2D eigenvalue weighted by molar-refractivity contribution is 1.08. The van der Waals surface area contributed by atoms with Crippen molar-refractivity contribution in [2.75, 3.05) is 0 Å². The van der Waals surface area contributed by atoms with Crippen molar-refractivity contribution < 1.29 is 0 Å². The fraction of sp³-hybridized carbons (Fsp3) is 0. The number of fused-ring (bicyclic) bond motifs is 6. The molecule has 262 valence electrons. The average Bonchev–Trinajstić information content (AvgIpc) is 3.83. The fourth-order valence-electron chi connectivity index (χ4n) is 8.18. The molecule has 4 nitrogen and oxygen atoms in total. The minimum Gasteiger partial charge on any atom is -0.308 e. The van der Waals surface area contributed by atoms with E-state index in [0.717, 1.165) is 27.8 Å². The molecular weight excluding hydrogens is 701 g/mol. The van der Waals surface area contributed by atoms with Crippen molar-refractivity contribution in [1.82, 2.24) is 19.5 Å². The quantitative estimate of drug-likeness (QED) is 0.171. The molecule has 0 radical (unpaired) electrons. The normalized spacial score (nSPS) is 11.6. The predicted octanol–water partition coefficient (Wildman–Crippen LogP) is 13.7. The molecular formula is C51H32N4S. The number of benzene rings is 8. The highest BCUT2D eigenvalue weighted by Crippen LogP contribution is 2.48. The van der Waals surface area contributed by atoms with Crippen LogP contribution in [-0.2, 0) is 0 Å². The standard InChI is InChI=1S/C51H32N4S/c1-5-17-33(18-6-1)37-26-15-27-39-38-25-13-14-29-42(38)55(47(37)39)43-32-31-40-46-41(28-16-30-44(46)56-48(40)45(43)34-19-7-2-8-20-34)51-53-49(35-21-9-3-10-22-35)52-50(54-51)36-23-11-4-12-24-36/h1-32H. The maximum absolute atomic E-state index is 5.16. The SMILES string of the molecule is c1ccc(-c2nc(-c3ccccc3)nc(-c3cccc4sc5c(-c6ccccc6)c(-n6c7ccccc7c7cccc(-c8ccccc8)c76)ccc5c34)n2)cc1. The van der Waals surface area contributed by atoms with Gasteiger partial charge in [0, 0.05) is 58.8 Å². The van der Waals surface area contributed by atoms with Gasteiger partial charge < -0.3 is 4.57 Å². The first kappa shape index (κ1) is 32.2. The minimum atomic E-state index is 0.652. The Hall–Kier alpha value is -7.21. The van der Waals surface area contributed by atoms with Gasteiger partial charge in [-0.15, -0.1) is 11.3 Å². The van der Waals surface area contributed by atoms with Crippen molar-refractivity contribution in [3.63, 3.8) is 0 Å². The molecule has 11 rings (SSSR count). The van der Waals surface area contributed by atoms with E-state index < -0.39 is 0 Å². The Morgan fingerprint density at radius 3 is 1.59 bits per heavy atom. The van der Waals surface area contributed by atoms with Crippen LogP contribution in [-0.4, -0.2) is 19.5 Å². The second-order valence-corrected chi connectivity index (χ2v) is 15.0. The summed E-state index contributed by atoms with van der Waals surface area (Å²) in [5.41, 5.74) is 11.2. The van der Waals surface area contributed by atoms with E-state index >= 15 is 0 Å². The van der Waals surface area contributed by atoms with E-state index in [1.807, 2.05) is 47.7 Å². The molecule has 0 unspecified atom stereocenters. The van der Waals surface area contributed by atoms with E-state index in [1.54, 1.807) is 0 Å². The third kappa shape index (κ3) is 5.24. The van der Waals surface area contributed by atoms with Crippen LogP contribution in [0.2, 0.25) is 0 Å². The Morgan fingerprint density at radius 2 is 0.911 bits per heavy atom. The van der Waals surface area contributed by atoms with E-state index in [0.29, 0.717) is 17.5 Å². The molecule has 0 aliphatic rings. The molecule has 0 fully saturated rings. The Kier molecular flexibility index (Phi) is 7.64. The van der Waals surface area contributed by atoms with E-state index in [2.05, 4.69) is 162 Å². The van der Waals surface area contributed by atoms with Crippen molar-refractivity contribution in [2.45, 2.75) is 0 Å². The molecule has 0 amide bonds. The topological polar surface area (TPSA) is 43.6 Å². The summed E-state index contributed by atoms with van der Waals surface area (Å²) >= 11 is 1.83. The first-order valence-electron chi connectivity index (χ1n) is 18.8. The van der Waals surface area contributed by atoms with Gasteiger partial charge in [-0.25, -0.2) is 15.0 Å². The molecule has 8 aromatic carbocycles. The number of aromatic nitrogens is 4. The fourth-order valence-corrected chi connectivity index (χ4v) is 9.48. The minimum absolute atomic E-state index is 0.652. The number of para-hydroxylation sites is 2. The lowest BCUT2D eigenvalue weighted by Crippen LogP contribution is -2.00. The van der Waals surface area contributed by atoms with E-state index in [1.165, 1.54) is 58.8 Å². The van der Waals surface area contributed by atoms with Crippen LogP contribution in [0.25, 0.3) is 104 Å². The van der Waals surface area contributed by atoms with Crippen molar-refractivity contribution in [2.24, 2.45) is 0 Å². The smallest absolute Gasteiger partial charge is 0.164 e. The Bertz CT molecular complexity index is 3170. The summed E-state index contributed by atoms with van der Waals surface area (Å²) in [6, 6.07) is 68.6. The van der Waals surface area contributed by atoms with Crippen LogP contribution in [0.1, 0.15) is 0 Å². The molecule has 5 heteroatoms. The summed E-state index contributed by atoms with van der Waals surface area (Å²) < 4.78 is 4.89. The number of nitrogens with zero attached hydrogens (tertiary/aromatic N) is 4. The van der Waals surface area contributed by atoms with Crippen LogP contribution in [0.15, 0.2) is 194 Å². The van der Waals surface area contributed by atoms with Gasteiger partial charge in [-0.05, 0) is 29.3 Å². The Morgan fingerprint density at radius 1 is 0.375 bits per heavy atom. The van der Waals surface area contributed by atoms with Gasteiger partial charge in [0.25, 0.3) is 0 Å². The summed E-state index contributed by atoms with van der Waals surface area (Å²) in [4.78, 5) is 15.3. The Labute approximate surface area is 327 Å². The molecule has 0 aliphatic carbocycles. The molecule has 3 aromatic heterocycles. The number of hydrogen-bond acceptors (Lipinski definition) is 4. The second kappa shape index (κ2) is 13.3. The largest absolute Gasteiger partial charge is 0.308 e. The van der Waals surface area contributed by atoms with Crippen LogP contribution >= 0.6 is 11.3 Å². The zero-order valence-electron chi connectivity index (χ0n) is 30.2. The number of hydrogen-bond donors (Lipinski definition) is 0. The van der Waals surface area contributed by atoms with Crippen molar-refractivity contribution in [3.05, 3.63) is 194 Å². The molecule has 56 heavy (non-hydrogen) atoms. The zero-order valence-corrected chi connectivity index (χ0v) is 31.0. The van der Waals surface area contributed by atoms with Gasteiger partial charge in [0.05, 0.1) is 16.7 Å². The molecule has 3 heterocycles. The first-order chi connectivity index (χ1) is 27.8. The molecule has 0 spiro atoms. The van der Waals surface area contributed by atoms with E-state index in [4.69, 9.17) is 15.0 Å². The highest BCUT2D eigenvalue weighted by atomic mass is 32.1. The van der Waals surface area contributed by atoms with Gasteiger partial charge in [0.15, 0.2) is 17.5 Å². The molecule has 0 saturated heterocycles. The summed E-state index contributed by atoms with van der Waals surface area (Å²) in [6.07, 6.45) is 0. The lowest BCUT2D eigenvalue weighted by atomic mass is 9.98. The van der Waals surface area contributed by atoms with Gasteiger partial charge >= 0.3 is 0 Å². The second-order valence-electron chi connectivity index (χ2n) is 13.9. The molecule has 0 bridgehead atoms. The van der Waals surface area contributed by atoms with Gasteiger partial charge in [-0.2, -0.15) is 0 Å². The first-order valence-corrected chi connectivity index (χ1v) is 19.6. The Balaban J connectivity index is 1.22. The van der Waals surface area contributed by atoms with Crippen LogP contribution in [0.5, 0.6) is 0 Å².